The second-order valence-electron chi connectivity index (χ2n) is 8.42. The van der Waals surface area contributed by atoms with Gasteiger partial charge in [-0.1, -0.05) is 24.3 Å². The van der Waals surface area contributed by atoms with E-state index in [1.54, 1.807) is 13.3 Å². The number of amides is 1. The summed E-state index contributed by atoms with van der Waals surface area (Å²) in [6.45, 7) is 6.14. The maximum absolute atomic E-state index is 12.7. The minimum absolute atomic E-state index is 0.0483. The van der Waals surface area contributed by atoms with Crippen molar-refractivity contribution >= 4 is 28.2 Å². The Bertz CT molecular complexity index is 1270. The molecule has 0 spiro atoms. The van der Waals surface area contributed by atoms with Gasteiger partial charge in [-0.3, -0.25) is 9.78 Å². The number of carbonyl (C=O) groups is 1. The number of nitrogens with one attached hydrogen (secondary N) is 1. The van der Waals surface area contributed by atoms with E-state index in [1.807, 2.05) is 61.3 Å². The number of aryl methyl sites for hydroxylation is 1. The molecule has 0 aliphatic rings. The predicted octanol–water partition coefficient (Wildman–Crippen LogP) is 6.10. The van der Waals surface area contributed by atoms with Crippen molar-refractivity contribution in [3.63, 3.8) is 0 Å². The highest BCUT2D eigenvalue weighted by molar-refractivity contribution is 5.96. The Morgan fingerprint density at radius 1 is 1.00 bits per heavy atom. The maximum Gasteiger partial charge on any atom is 0.253 e. The number of aromatic nitrogens is 2. The molecular weight excluding hydrogens is 436 g/mol. The molecule has 2 aromatic heterocycles. The van der Waals surface area contributed by atoms with E-state index >= 15 is 0 Å². The molecule has 0 unspecified atom stereocenters. The van der Waals surface area contributed by atoms with Gasteiger partial charge < -0.3 is 15.0 Å². The largest absolute Gasteiger partial charge is 0.385 e. The second-order valence-corrected chi connectivity index (χ2v) is 8.42. The van der Waals surface area contributed by atoms with E-state index in [2.05, 4.69) is 34.6 Å². The van der Waals surface area contributed by atoms with E-state index < -0.39 is 0 Å². The number of nitrogens with zero attached hydrogens (tertiary/aromatic N) is 3. The lowest BCUT2D eigenvalue weighted by molar-refractivity contribution is 0.0773. The van der Waals surface area contributed by atoms with Crippen LogP contribution in [0.3, 0.4) is 0 Å². The summed E-state index contributed by atoms with van der Waals surface area (Å²) in [7, 11) is 1.73. The van der Waals surface area contributed by atoms with E-state index in [-0.39, 0.29) is 5.91 Å². The number of hydrogen-bond acceptors (Lipinski definition) is 5. The van der Waals surface area contributed by atoms with Crippen LogP contribution in [0.25, 0.3) is 22.2 Å². The van der Waals surface area contributed by atoms with Gasteiger partial charge in [0.2, 0.25) is 0 Å². The molecule has 1 amide bonds. The molecule has 4 rings (SSSR count). The third-order valence-electron chi connectivity index (χ3n) is 6.14. The first kappa shape index (κ1) is 24.4. The number of pyridine rings is 2. The van der Waals surface area contributed by atoms with Gasteiger partial charge in [0.15, 0.2) is 0 Å². The molecule has 0 atom stereocenters. The Labute approximate surface area is 207 Å². The highest BCUT2D eigenvalue weighted by atomic mass is 16.5. The fourth-order valence-electron chi connectivity index (χ4n) is 4.13. The Morgan fingerprint density at radius 3 is 2.43 bits per heavy atom. The number of fused-ring (bicyclic) bond motifs is 1. The maximum atomic E-state index is 12.7. The lowest BCUT2D eigenvalue weighted by Gasteiger charge is -2.18. The summed E-state index contributed by atoms with van der Waals surface area (Å²) in [5, 5.41) is 4.50. The van der Waals surface area contributed by atoms with E-state index in [1.165, 1.54) is 5.56 Å². The molecule has 180 valence electrons. The van der Waals surface area contributed by atoms with Crippen LogP contribution in [0.15, 0.2) is 73.1 Å². The molecule has 2 heterocycles. The Morgan fingerprint density at radius 2 is 1.74 bits per heavy atom. The minimum atomic E-state index is 0.0483. The van der Waals surface area contributed by atoms with Crippen LogP contribution < -0.4 is 5.32 Å². The van der Waals surface area contributed by atoms with Crippen LogP contribution in [0.1, 0.15) is 36.2 Å². The number of carbonyl (C=O) groups excluding carboxylic acids is 1. The summed E-state index contributed by atoms with van der Waals surface area (Å²) >= 11 is 0. The Balaban J connectivity index is 1.61. The molecular formula is C29H32N4O2. The summed E-state index contributed by atoms with van der Waals surface area (Å²) < 4.78 is 5.15. The molecule has 0 radical (unpaired) electrons. The number of methoxy groups -OCH3 is 1. The van der Waals surface area contributed by atoms with Crippen molar-refractivity contribution in [1.82, 2.24) is 14.9 Å². The zero-order valence-electron chi connectivity index (χ0n) is 20.6. The average Bonchev–Trinajstić information content (AvgIpc) is 2.90. The van der Waals surface area contributed by atoms with E-state index in [0.29, 0.717) is 18.7 Å². The molecule has 35 heavy (non-hydrogen) atoms. The van der Waals surface area contributed by atoms with Crippen LogP contribution in [-0.4, -0.2) is 47.6 Å². The van der Waals surface area contributed by atoms with E-state index in [9.17, 15) is 4.79 Å². The van der Waals surface area contributed by atoms with Crippen molar-refractivity contribution in [2.75, 3.05) is 32.1 Å². The number of anilines is 2. The minimum Gasteiger partial charge on any atom is -0.385 e. The first-order valence-corrected chi connectivity index (χ1v) is 12.1. The van der Waals surface area contributed by atoms with Crippen molar-refractivity contribution < 1.29 is 9.53 Å². The van der Waals surface area contributed by atoms with Crippen LogP contribution in [0.4, 0.5) is 11.4 Å². The normalized spacial score (nSPS) is 10.9. The zero-order valence-corrected chi connectivity index (χ0v) is 20.6. The SMILES string of the molecule is CCN(CC)C(=O)c1ccc(-c2cc(Nc3ccc(CCCOC)cc3)c3cnccc3n2)cc1. The smallest absolute Gasteiger partial charge is 0.253 e. The molecule has 4 aromatic rings. The fraction of sp³-hybridized carbons (Fsp3) is 0.276. The highest BCUT2D eigenvalue weighted by Gasteiger charge is 2.13. The molecule has 0 aliphatic heterocycles. The topological polar surface area (TPSA) is 67.4 Å². The highest BCUT2D eigenvalue weighted by Crippen LogP contribution is 2.30. The molecule has 6 heteroatoms. The lowest BCUT2D eigenvalue weighted by Crippen LogP contribution is -2.30. The summed E-state index contributed by atoms with van der Waals surface area (Å²) in [5.41, 5.74) is 6.57. The van der Waals surface area contributed by atoms with Crippen molar-refractivity contribution in [3.8, 4) is 11.3 Å². The van der Waals surface area contributed by atoms with Crippen LogP contribution >= 0.6 is 0 Å². The van der Waals surface area contributed by atoms with Crippen molar-refractivity contribution in [2.24, 2.45) is 0 Å². The first-order valence-electron chi connectivity index (χ1n) is 12.1. The summed E-state index contributed by atoms with van der Waals surface area (Å²) in [4.78, 5) is 23.7. The van der Waals surface area contributed by atoms with Gasteiger partial charge in [0, 0.05) is 61.4 Å². The van der Waals surface area contributed by atoms with Crippen LogP contribution in [0.2, 0.25) is 0 Å². The molecule has 0 fully saturated rings. The summed E-state index contributed by atoms with van der Waals surface area (Å²) in [5.74, 6) is 0.0483. The molecule has 1 N–H and O–H groups in total. The summed E-state index contributed by atoms with van der Waals surface area (Å²) in [6, 6.07) is 20.1. The monoisotopic (exact) mass is 468 g/mol. The van der Waals surface area contributed by atoms with Gasteiger partial charge in [-0.25, -0.2) is 4.98 Å². The Hall–Kier alpha value is -3.77. The van der Waals surface area contributed by atoms with Gasteiger partial charge in [-0.2, -0.15) is 0 Å². The zero-order chi connectivity index (χ0) is 24.6. The molecule has 0 bridgehead atoms. The number of hydrogen-bond donors (Lipinski definition) is 1. The van der Waals surface area contributed by atoms with Gasteiger partial charge in [0.25, 0.3) is 5.91 Å². The number of benzene rings is 2. The molecule has 0 saturated heterocycles. The van der Waals surface area contributed by atoms with Crippen molar-refractivity contribution in [2.45, 2.75) is 26.7 Å². The quantitative estimate of drug-likeness (QED) is 0.285. The van der Waals surface area contributed by atoms with Gasteiger partial charge in [-0.05, 0) is 68.7 Å². The van der Waals surface area contributed by atoms with Crippen LogP contribution in [-0.2, 0) is 11.2 Å². The van der Waals surface area contributed by atoms with E-state index in [0.717, 1.165) is 53.0 Å². The third kappa shape index (κ3) is 5.84. The molecule has 0 aliphatic carbocycles. The summed E-state index contributed by atoms with van der Waals surface area (Å²) in [6.07, 6.45) is 5.59. The van der Waals surface area contributed by atoms with Crippen LogP contribution in [0, 0.1) is 0 Å². The standard InChI is InChI=1S/C29H32N4O2/c1-4-33(5-2)29(34)23-12-10-22(11-13-23)27-19-28(25-20-30-17-16-26(25)32-27)31-24-14-8-21(9-15-24)7-6-18-35-3/h8-17,19-20H,4-7,18H2,1-3H3,(H,31,32). The molecule has 2 aromatic carbocycles. The van der Waals surface area contributed by atoms with E-state index in [4.69, 9.17) is 9.72 Å². The third-order valence-corrected chi connectivity index (χ3v) is 6.14. The van der Waals surface area contributed by atoms with Crippen molar-refractivity contribution in [3.05, 3.63) is 84.2 Å². The van der Waals surface area contributed by atoms with Crippen LogP contribution in [0.5, 0.6) is 0 Å². The Kier molecular flexibility index (Phi) is 8.06. The van der Waals surface area contributed by atoms with Gasteiger partial charge >= 0.3 is 0 Å². The van der Waals surface area contributed by atoms with Gasteiger partial charge in [0.05, 0.1) is 16.9 Å². The van der Waals surface area contributed by atoms with Crippen molar-refractivity contribution in [1.29, 1.82) is 0 Å². The van der Waals surface area contributed by atoms with Gasteiger partial charge in [-0.15, -0.1) is 0 Å². The predicted molar refractivity (Wildman–Crippen MR) is 142 cm³/mol. The fourth-order valence-corrected chi connectivity index (χ4v) is 4.13. The number of ether oxygens (including phenoxy) is 1. The van der Waals surface area contributed by atoms with Gasteiger partial charge in [0.1, 0.15) is 0 Å². The number of rotatable bonds is 10. The first-order chi connectivity index (χ1) is 17.1. The lowest BCUT2D eigenvalue weighted by atomic mass is 10.1. The second kappa shape index (κ2) is 11.6. The molecule has 0 saturated carbocycles. The molecule has 6 nitrogen and oxygen atoms in total. The average molecular weight is 469 g/mol.